The number of carboxylic acids is 1. The first-order chi connectivity index (χ1) is 5.91. The number of hydrogen-bond acceptors (Lipinski definition) is 6. The van der Waals surface area contributed by atoms with Crippen LogP contribution in [0.15, 0.2) is 0 Å². The number of rotatable bonds is 5. The Bertz CT molecular complexity index is 170. The third-order valence-corrected chi connectivity index (χ3v) is 1.51. The third kappa shape index (κ3) is 3.25. The molecule has 3 unspecified atom stereocenters. The summed E-state index contributed by atoms with van der Waals surface area (Å²) in [7, 11) is 0. The number of aliphatic hydroxyl groups excluding tert-OH is 5. The van der Waals surface area contributed by atoms with Gasteiger partial charge in [0.15, 0.2) is 6.10 Å². The number of aliphatic hydroxyl groups is 5. The molecule has 13 heavy (non-hydrogen) atoms. The highest BCUT2D eigenvalue weighted by Gasteiger charge is 2.33. The molecule has 0 amide bonds. The first-order valence-electron chi connectivity index (χ1n) is 3.47. The van der Waals surface area contributed by atoms with Crippen molar-refractivity contribution in [1.82, 2.24) is 0 Å². The Morgan fingerprint density at radius 3 is 1.85 bits per heavy atom. The maximum atomic E-state index is 10.1. The molecule has 7 nitrogen and oxygen atoms in total. The van der Waals surface area contributed by atoms with Gasteiger partial charge >= 0.3 is 5.97 Å². The van der Waals surface area contributed by atoms with Crippen molar-refractivity contribution in [2.24, 2.45) is 0 Å². The molecule has 0 bridgehead atoms. The van der Waals surface area contributed by atoms with E-state index in [9.17, 15) is 4.79 Å². The molecule has 0 rings (SSSR count). The van der Waals surface area contributed by atoms with Gasteiger partial charge in [-0.1, -0.05) is 0 Å². The number of carbonyl (C=O) groups is 1. The SMILES string of the molecule is O=C(O)C(O)C(O)C(O)[C@H](O)CO. The van der Waals surface area contributed by atoms with E-state index in [1.54, 1.807) is 0 Å². The molecule has 0 fully saturated rings. The topological polar surface area (TPSA) is 138 Å². The molecule has 0 saturated heterocycles. The molecule has 7 heteroatoms. The monoisotopic (exact) mass is 196 g/mol. The highest BCUT2D eigenvalue weighted by Crippen LogP contribution is 2.04. The van der Waals surface area contributed by atoms with Gasteiger partial charge in [0.25, 0.3) is 0 Å². The van der Waals surface area contributed by atoms with E-state index in [-0.39, 0.29) is 0 Å². The Balaban J connectivity index is 4.24. The molecule has 78 valence electrons. The second-order valence-electron chi connectivity index (χ2n) is 2.51. The second-order valence-corrected chi connectivity index (χ2v) is 2.51. The lowest BCUT2D eigenvalue weighted by atomic mass is 10.0. The maximum Gasteiger partial charge on any atom is 0.335 e. The third-order valence-electron chi connectivity index (χ3n) is 1.51. The highest BCUT2D eigenvalue weighted by atomic mass is 16.4. The fraction of sp³-hybridized carbons (Fsp3) is 0.833. The lowest BCUT2D eigenvalue weighted by Gasteiger charge is -2.23. The van der Waals surface area contributed by atoms with E-state index in [1.165, 1.54) is 0 Å². The molecule has 0 aromatic heterocycles. The highest BCUT2D eigenvalue weighted by molar-refractivity contribution is 5.72. The molecular weight excluding hydrogens is 184 g/mol. The van der Waals surface area contributed by atoms with Gasteiger partial charge in [0.1, 0.15) is 18.3 Å². The van der Waals surface area contributed by atoms with Gasteiger partial charge in [-0.2, -0.15) is 0 Å². The van der Waals surface area contributed by atoms with Crippen LogP contribution < -0.4 is 0 Å². The van der Waals surface area contributed by atoms with E-state index >= 15 is 0 Å². The Kier molecular flexibility index (Phi) is 4.81. The Labute approximate surface area is 73.5 Å². The summed E-state index contributed by atoms with van der Waals surface area (Å²) < 4.78 is 0. The first kappa shape index (κ1) is 12.3. The Morgan fingerprint density at radius 1 is 1.08 bits per heavy atom. The van der Waals surface area contributed by atoms with Crippen LogP contribution >= 0.6 is 0 Å². The van der Waals surface area contributed by atoms with Crippen molar-refractivity contribution in [3.05, 3.63) is 0 Å². The van der Waals surface area contributed by atoms with Crippen molar-refractivity contribution in [3.63, 3.8) is 0 Å². The van der Waals surface area contributed by atoms with Crippen molar-refractivity contribution in [1.29, 1.82) is 0 Å². The lowest BCUT2D eigenvalue weighted by Crippen LogP contribution is -2.48. The van der Waals surface area contributed by atoms with Crippen LogP contribution in [0.5, 0.6) is 0 Å². The first-order valence-corrected chi connectivity index (χ1v) is 3.47. The standard InChI is InChI=1S/C6H12O7/c7-1-2(8)3(9)4(10)5(11)6(12)13/h2-5,7-11H,1H2,(H,12,13)/t2-,3?,4?,5?/m1/s1. The lowest BCUT2D eigenvalue weighted by molar-refractivity contribution is -0.164. The molecule has 0 aliphatic carbocycles. The van der Waals surface area contributed by atoms with E-state index in [0.717, 1.165) is 0 Å². The van der Waals surface area contributed by atoms with Crippen LogP contribution in [0.25, 0.3) is 0 Å². The van der Waals surface area contributed by atoms with E-state index in [0.29, 0.717) is 0 Å². The molecule has 0 heterocycles. The number of hydrogen-bond donors (Lipinski definition) is 6. The molecule has 4 atom stereocenters. The van der Waals surface area contributed by atoms with Crippen molar-refractivity contribution in [2.75, 3.05) is 6.61 Å². The Morgan fingerprint density at radius 2 is 1.54 bits per heavy atom. The van der Waals surface area contributed by atoms with E-state index in [2.05, 4.69) is 0 Å². The van der Waals surface area contributed by atoms with Crippen molar-refractivity contribution in [3.8, 4) is 0 Å². The molecule has 0 spiro atoms. The minimum Gasteiger partial charge on any atom is -0.479 e. The zero-order valence-electron chi connectivity index (χ0n) is 6.61. The summed E-state index contributed by atoms with van der Waals surface area (Å²) in [5.41, 5.74) is 0. The minimum atomic E-state index is -2.20. The van der Waals surface area contributed by atoms with Gasteiger partial charge in [-0.25, -0.2) is 4.79 Å². The minimum absolute atomic E-state index is 0.843. The average molecular weight is 196 g/mol. The van der Waals surface area contributed by atoms with Gasteiger partial charge in [-0.3, -0.25) is 0 Å². The van der Waals surface area contributed by atoms with Gasteiger partial charge in [-0.15, -0.1) is 0 Å². The van der Waals surface area contributed by atoms with Crippen LogP contribution in [0.1, 0.15) is 0 Å². The summed E-state index contributed by atoms with van der Waals surface area (Å²) in [5, 5.41) is 51.8. The molecule has 0 aliphatic heterocycles. The van der Waals surface area contributed by atoms with Gasteiger partial charge in [-0.05, 0) is 0 Å². The molecule has 0 aromatic rings. The fourth-order valence-corrected chi connectivity index (χ4v) is 0.668. The van der Waals surface area contributed by atoms with Crippen LogP contribution in [0.3, 0.4) is 0 Å². The molecule has 6 N–H and O–H groups in total. The number of aliphatic carboxylic acids is 1. The van der Waals surface area contributed by atoms with Crippen LogP contribution in [0.4, 0.5) is 0 Å². The summed E-state index contributed by atoms with van der Waals surface area (Å²) in [4.78, 5) is 10.1. The van der Waals surface area contributed by atoms with Gasteiger partial charge in [0, 0.05) is 0 Å². The predicted octanol–water partition coefficient (Wildman–Crippen LogP) is -3.49. The molecule has 0 aliphatic rings. The molecule has 0 saturated carbocycles. The van der Waals surface area contributed by atoms with Gasteiger partial charge in [0.2, 0.25) is 0 Å². The Hall–Kier alpha value is -0.730. The van der Waals surface area contributed by atoms with Crippen molar-refractivity contribution in [2.45, 2.75) is 24.4 Å². The van der Waals surface area contributed by atoms with Crippen molar-refractivity contribution >= 4 is 5.97 Å². The summed E-state index contributed by atoms with van der Waals surface area (Å²) in [6.07, 6.45) is -7.84. The van der Waals surface area contributed by atoms with Crippen molar-refractivity contribution < 1.29 is 35.4 Å². The summed E-state index contributed by atoms with van der Waals surface area (Å²) in [6.45, 7) is -0.843. The molecule has 0 radical (unpaired) electrons. The average Bonchev–Trinajstić information content (AvgIpc) is 2.12. The smallest absolute Gasteiger partial charge is 0.335 e. The summed E-state index contributed by atoms with van der Waals surface area (Å²) in [5.74, 6) is -1.73. The van der Waals surface area contributed by atoms with Gasteiger partial charge < -0.3 is 30.6 Å². The van der Waals surface area contributed by atoms with E-state index in [4.69, 9.17) is 30.6 Å². The van der Waals surface area contributed by atoms with Crippen LogP contribution in [0.2, 0.25) is 0 Å². The summed E-state index contributed by atoms with van der Waals surface area (Å²) >= 11 is 0. The van der Waals surface area contributed by atoms with E-state index < -0.39 is 37.0 Å². The van der Waals surface area contributed by atoms with Crippen LogP contribution in [-0.4, -0.2) is 67.6 Å². The van der Waals surface area contributed by atoms with E-state index in [1.807, 2.05) is 0 Å². The number of carboxylic acid groups (broad SMARTS) is 1. The predicted molar refractivity (Wildman–Crippen MR) is 38.7 cm³/mol. The van der Waals surface area contributed by atoms with Crippen LogP contribution in [-0.2, 0) is 4.79 Å². The molecular formula is C6H12O7. The largest absolute Gasteiger partial charge is 0.479 e. The fourth-order valence-electron chi connectivity index (χ4n) is 0.668. The zero-order chi connectivity index (χ0) is 10.6. The normalized spacial score (nSPS) is 20.4. The second kappa shape index (κ2) is 5.10. The molecule has 0 aromatic carbocycles. The maximum absolute atomic E-state index is 10.1. The summed E-state index contributed by atoms with van der Waals surface area (Å²) in [6, 6.07) is 0. The van der Waals surface area contributed by atoms with Gasteiger partial charge in [0.05, 0.1) is 6.61 Å². The zero-order valence-corrected chi connectivity index (χ0v) is 6.61. The quantitative estimate of drug-likeness (QED) is 0.268. The van der Waals surface area contributed by atoms with Crippen LogP contribution in [0, 0.1) is 0 Å².